The molecule has 1 fully saturated rings. The van der Waals surface area contributed by atoms with Gasteiger partial charge in [0.05, 0.1) is 0 Å². The number of hydrogen-bond donors (Lipinski definition) is 1. The van der Waals surface area contributed by atoms with Gasteiger partial charge in [-0.15, -0.1) is 0 Å². The highest BCUT2D eigenvalue weighted by Crippen LogP contribution is 2.15. The molecule has 1 aromatic rings. The van der Waals surface area contributed by atoms with E-state index in [2.05, 4.69) is 48.3 Å². The minimum Gasteiger partial charge on any atom is -0.315 e. The lowest BCUT2D eigenvalue weighted by Gasteiger charge is -2.34. The van der Waals surface area contributed by atoms with E-state index < -0.39 is 0 Å². The smallest absolute Gasteiger partial charge is 0.0237 e. The van der Waals surface area contributed by atoms with Crippen LogP contribution >= 0.6 is 0 Å². The Hall–Kier alpha value is -0.860. The zero-order valence-electron chi connectivity index (χ0n) is 12.5. The molecule has 1 saturated heterocycles. The summed E-state index contributed by atoms with van der Waals surface area (Å²) >= 11 is 0. The maximum atomic E-state index is 3.54. The molecule has 1 aliphatic heterocycles. The second-order valence-electron chi connectivity index (χ2n) is 5.64. The van der Waals surface area contributed by atoms with E-state index in [1.54, 1.807) is 0 Å². The van der Waals surface area contributed by atoms with E-state index >= 15 is 0 Å². The van der Waals surface area contributed by atoms with Crippen molar-refractivity contribution in [2.45, 2.75) is 52.1 Å². The van der Waals surface area contributed by atoms with Gasteiger partial charge in [-0.05, 0) is 49.9 Å². The van der Waals surface area contributed by atoms with Crippen molar-refractivity contribution in [1.29, 1.82) is 0 Å². The predicted molar refractivity (Wildman–Crippen MR) is 82.4 cm³/mol. The molecule has 2 rings (SSSR count). The average molecular weight is 260 g/mol. The molecule has 1 atom stereocenters. The van der Waals surface area contributed by atoms with Crippen LogP contribution in [0.2, 0.25) is 0 Å². The van der Waals surface area contributed by atoms with Crippen molar-refractivity contribution >= 4 is 0 Å². The fourth-order valence-corrected chi connectivity index (χ4v) is 2.94. The van der Waals surface area contributed by atoms with E-state index in [9.17, 15) is 0 Å². The quantitative estimate of drug-likeness (QED) is 0.845. The van der Waals surface area contributed by atoms with Crippen LogP contribution in [0.5, 0.6) is 0 Å². The summed E-state index contributed by atoms with van der Waals surface area (Å²) in [6, 6.07) is 9.88. The molecule has 0 aliphatic carbocycles. The summed E-state index contributed by atoms with van der Waals surface area (Å²) in [5, 5.41) is 3.54. The molecule has 0 saturated carbocycles. The average Bonchev–Trinajstić information content (AvgIpc) is 2.48. The third-order valence-corrected chi connectivity index (χ3v) is 4.11. The van der Waals surface area contributed by atoms with E-state index in [1.807, 2.05) is 0 Å². The summed E-state index contributed by atoms with van der Waals surface area (Å²) in [7, 11) is 0. The van der Waals surface area contributed by atoms with Crippen molar-refractivity contribution in [2.24, 2.45) is 0 Å². The van der Waals surface area contributed by atoms with Crippen molar-refractivity contribution in [3.8, 4) is 0 Å². The summed E-state index contributed by atoms with van der Waals surface area (Å²) in [6.07, 6.45) is 5.04. The van der Waals surface area contributed by atoms with Crippen LogP contribution in [0.15, 0.2) is 24.3 Å². The number of piperidine rings is 1. The third-order valence-electron chi connectivity index (χ3n) is 4.11. The number of aryl methyl sites for hydroxylation is 1. The first-order valence-electron chi connectivity index (χ1n) is 7.86. The summed E-state index contributed by atoms with van der Waals surface area (Å²) in [4.78, 5) is 2.66. The van der Waals surface area contributed by atoms with Crippen molar-refractivity contribution in [2.75, 3.05) is 19.6 Å². The minimum absolute atomic E-state index is 0.722. The van der Waals surface area contributed by atoms with E-state index in [1.165, 1.54) is 43.5 Å². The molecule has 1 aromatic carbocycles. The Morgan fingerprint density at radius 2 is 1.89 bits per heavy atom. The number of rotatable bonds is 6. The summed E-state index contributed by atoms with van der Waals surface area (Å²) in [6.45, 7) is 9.16. The Labute approximate surface area is 118 Å². The first kappa shape index (κ1) is 14.5. The Morgan fingerprint density at radius 1 is 1.16 bits per heavy atom. The van der Waals surface area contributed by atoms with Gasteiger partial charge in [-0.2, -0.15) is 0 Å². The van der Waals surface area contributed by atoms with Gasteiger partial charge in [-0.1, -0.05) is 38.1 Å². The standard InChI is InChI=1S/C17H28N2/c1-3-12-19(17-6-5-11-18-13-17)14-16-9-7-15(4-2)8-10-16/h7-10,17-18H,3-6,11-14H2,1-2H3. The highest BCUT2D eigenvalue weighted by Gasteiger charge is 2.20. The van der Waals surface area contributed by atoms with Gasteiger partial charge in [0.25, 0.3) is 0 Å². The molecule has 1 N–H and O–H groups in total. The summed E-state index contributed by atoms with van der Waals surface area (Å²) < 4.78 is 0. The van der Waals surface area contributed by atoms with Gasteiger partial charge < -0.3 is 5.32 Å². The molecule has 19 heavy (non-hydrogen) atoms. The third kappa shape index (κ3) is 4.32. The first-order valence-corrected chi connectivity index (χ1v) is 7.86. The van der Waals surface area contributed by atoms with Crippen LogP contribution in [-0.2, 0) is 13.0 Å². The second kappa shape index (κ2) is 7.66. The predicted octanol–water partition coefficient (Wildman–Crippen LogP) is 3.21. The van der Waals surface area contributed by atoms with Gasteiger partial charge in [-0.25, -0.2) is 0 Å². The molecule has 106 valence electrons. The van der Waals surface area contributed by atoms with Crippen LogP contribution in [0.4, 0.5) is 0 Å². The molecule has 0 radical (unpaired) electrons. The molecule has 2 heteroatoms. The minimum atomic E-state index is 0.722. The SMILES string of the molecule is CCCN(Cc1ccc(CC)cc1)C1CCCNC1. The first-order chi connectivity index (χ1) is 9.33. The lowest BCUT2D eigenvalue weighted by molar-refractivity contribution is 0.158. The van der Waals surface area contributed by atoms with Crippen LogP contribution in [0.25, 0.3) is 0 Å². The lowest BCUT2D eigenvalue weighted by Crippen LogP contribution is -2.45. The molecular weight excluding hydrogens is 232 g/mol. The Morgan fingerprint density at radius 3 is 2.47 bits per heavy atom. The summed E-state index contributed by atoms with van der Waals surface area (Å²) in [5.41, 5.74) is 2.89. The lowest BCUT2D eigenvalue weighted by atomic mass is 10.0. The van der Waals surface area contributed by atoms with Crippen molar-refractivity contribution in [3.05, 3.63) is 35.4 Å². The maximum Gasteiger partial charge on any atom is 0.0237 e. The molecule has 1 heterocycles. The Bertz CT molecular complexity index is 352. The molecule has 1 aliphatic rings. The number of nitrogens with zero attached hydrogens (tertiary/aromatic N) is 1. The van der Waals surface area contributed by atoms with Crippen molar-refractivity contribution < 1.29 is 0 Å². The number of benzene rings is 1. The number of nitrogens with one attached hydrogen (secondary N) is 1. The largest absolute Gasteiger partial charge is 0.315 e. The van der Waals surface area contributed by atoms with Crippen LogP contribution in [0, 0.1) is 0 Å². The Balaban J connectivity index is 1.97. The van der Waals surface area contributed by atoms with E-state index in [0.29, 0.717) is 0 Å². The van der Waals surface area contributed by atoms with Crippen LogP contribution in [-0.4, -0.2) is 30.6 Å². The molecule has 0 aromatic heterocycles. The molecule has 0 bridgehead atoms. The second-order valence-corrected chi connectivity index (χ2v) is 5.64. The van der Waals surface area contributed by atoms with Crippen molar-refractivity contribution in [3.63, 3.8) is 0 Å². The van der Waals surface area contributed by atoms with E-state index in [4.69, 9.17) is 0 Å². The highest BCUT2D eigenvalue weighted by atomic mass is 15.2. The molecule has 2 nitrogen and oxygen atoms in total. The molecule has 0 amide bonds. The zero-order chi connectivity index (χ0) is 13.5. The monoisotopic (exact) mass is 260 g/mol. The van der Waals surface area contributed by atoms with Gasteiger partial charge in [0, 0.05) is 19.1 Å². The Kier molecular flexibility index (Phi) is 5.87. The fourth-order valence-electron chi connectivity index (χ4n) is 2.94. The molecule has 0 spiro atoms. The molecular formula is C17H28N2. The van der Waals surface area contributed by atoms with Gasteiger partial charge in [0.1, 0.15) is 0 Å². The van der Waals surface area contributed by atoms with Gasteiger partial charge in [0.15, 0.2) is 0 Å². The topological polar surface area (TPSA) is 15.3 Å². The molecule has 1 unspecified atom stereocenters. The van der Waals surface area contributed by atoms with Crippen molar-refractivity contribution in [1.82, 2.24) is 10.2 Å². The van der Waals surface area contributed by atoms with E-state index in [0.717, 1.165) is 25.6 Å². The number of hydrogen-bond acceptors (Lipinski definition) is 2. The van der Waals surface area contributed by atoms with Gasteiger partial charge >= 0.3 is 0 Å². The van der Waals surface area contributed by atoms with Crippen LogP contribution in [0.3, 0.4) is 0 Å². The highest BCUT2D eigenvalue weighted by molar-refractivity contribution is 5.22. The maximum absolute atomic E-state index is 3.54. The fraction of sp³-hybridized carbons (Fsp3) is 0.647. The van der Waals surface area contributed by atoms with Crippen LogP contribution < -0.4 is 5.32 Å². The normalized spacial score (nSPS) is 19.8. The van der Waals surface area contributed by atoms with Gasteiger partial charge in [0.2, 0.25) is 0 Å². The van der Waals surface area contributed by atoms with E-state index in [-0.39, 0.29) is 0 Å². The van der Waals surface area contributed by atoms with Crippen LogP contribution in [0.1, 0.15) is 44.2 Å². The zero-order valence-corrected chi connectivity index (χ0v) is 12.5. The van der Waals surface area contributed by atoms with Gasteiger partial charge in [-0.3, -0.25) is 4.90 Å². The summed E-state index contributed by atoms with van der Waals surface area (Å²) in [5.74, 6) is 0.